The summed E-state index contributed by atoms with van der Waals surface area (Å²) in [6.07, 6.45) is 8.61. The van der Waals surface area contributed by atoms with Crippen LogP contribution in [0.5, 0.6) is 0 Å². The van der Waals surface area contributed by atoms with Gasteiger partial charge in [-0.15, -0.1) is 0 Å². The molecule has 1 aliphatic heterocycles. The number of nitrogens with zero attached hydrogens (tertiary/aromatic N) is 2. The van der Waals surface area contributed by atoms with Gasteiger partial charge in [-0.05, 0) is 39.4 Å². The Morgan fingerprint density at radius 2 is 2.44 bits per heavy atom. The third-order valence-corrected chi connectivity index (χ3v) is 3.33. The van der Waals surface area contributed by atoms with Gasteiger partial charge in [0.2, 0.25) is 0 Å². The minimum atomic E-state index is 0.702. The van der Waals surface area contributed by atoms with Crippen LogP contribution in [-0.4, -0.2) is 47.6 Å². The number of rotatable bonds is 4. The van der Waals surface area contributed by atoms with Crippen LogP contribution >= 0.6 is 0 Å². The molecule has 0 aromatic carbocycles. The van der Waals surface area contributed by atoms with E-state index in [0.29, 0.717) is 6.04 Å². The number of H-pyrrole nitrogens is 1. The van der Waals surface area contributed by atoms with E-state index in [1.807, 2.05) is 6.20 Å². The van der Waals surface area contributed by atoms with Crippen molar-refractivity contribution in [1.82, 2.24) is 20.2 Å². The molecule has 1 aromatic rings. The Labute approximate surface area is 97.4 Å². The van der Waals surface area contributed by atoms with Crippen LogP contribution in [0.25, 0.3) is 0 Å². The molecular weight excluding hydrogens is 200 g/mol. The van der Waals surface area contributed by atoms with Crippen molar-refractivity contribution in [3.05, 3.63) is 18.2 Å². The van der Waals surface area contributed by atoms with Gasteiger partial charge in [-0.3, -0.25) is 0 Å². The second kappa shape index (κ2) is 6.01. The van der Waals surface area contributed by atoms with E-state index < -0.39 is 0 Å². The molecule has 2 N–H and O–H groups in total. The fourth-order valence-corrected chi connectivity index (χ4v) is 2.28. The number of likely N-dealkylation sites (tertiary alicyclic amines) is 1. The molecule has 1 aromatic heterocycles. The summed E-state index contributed by atoms with van der Waals surface area (Å²) in [4.78, 5) is 9.58. The predicted molar refractivity (Wildman–Crippen MR) is 65.4 cm³/mol. The van der Waals surface area contributed by atoms with Gasteiger partial charge >= 0.3 is 0 Å². The molecule has 1 aliphatic rings. The predicted octanol–water partition coefficient (Wildman–Crippen LogP) is 1.03. The summed E-state index contributed by atoms with van der Waals surface area (Å²) in [5.41, 5.74) is 1.22. The topological polar surface area (TPSA) is 44.0 Å². The maximum atomic E-state index is 4.02. The van der Waals surface area contributed by atoms with Crippen molar-refractivity contribution >= 4 is 0 Å². The van der Waals surface area contributed by atoms with Crippen molar-refractivity contribution in [2.24, 2.45) is 0 Å². The first-order valence-corrected chi connectivity index (χ1v) is 6.24. The van der Waals surface area contributed by atoms with Gasteiger partial charge < -0.3 is 15.2 Å². The number of hydrogen-bond donors (Lipinski definition) is 2. The minimum Gasteiger partial charge on any atom is -0.348 e. The third-order valence-electron chi connectivity index (χ3n) is 3.33. The van der Waals surface area contributed by atoms with E-state index in [0.717, 1.165) is 13.0 Å². The van der Waals surface area contributed by atoms with E-state index in [4.69, 9.17) is 0 Å². The van der Waals surface area contributed by atoms with Crippen LogP contribution < -0.4 is 5.32 Å². The molecule has 1 saturated heterocycles. The molecule has 4 heteroatoms. The monoisotopic (exact) mass is 222 g/mol. The lowest BCUT2D eigenvalue weighted by Gasteiger charge is -2.16. The van der Waals surface area contributed by atoms with E-state index in [-0.39, 0.29) is 0 Å². The summed E-state index contributed by atoms with van der Waals surface area (Å²) in [5.74, 6) is 0. The standard InChI is InChI=1S/C12H22N4/c1-16-7-2-3-11(5-8-16)14-6-4-12-9-13-10-15-12/h9-11,14H,2-8H2,1H3,(H,13,15). The van der Waals surface area contributed by atoms with Gasteiger partial charge in [-0.1, -0.05) is 0 Å². The maximum absolute atomic E-state index is 4.02. The van der Waals surface area contributed by atoms with Crippen LogP contribution in [0.3, 0.4) is 0 Å². The molecule has 2 heterocycles. The highest BCUT2D eigenvalue weighted by Crippen LogP contribution is 2.09. The molecule has 2 rings (SSSR count). The molecule has 1 atom stereocenters. The van der Waals surface area contributed by atoms with Crippen molar-refractivity contribution in [3.8, 4) is 0 Å². The lowest BCUT2D eigenvalue weighted by Crippen LogP contribution is -2.31. The Balaban J connectivity index is 1.65. The fraction of sp³-hybridized carbons (Fsp3) is 0.750. The highest BCUT2D eigenvalue weighted by molar-refractivity contribution is 4.94. The zero-order valence-electron chi connectivity index (χ0n) is 10.1. The smallest absolute Gasteiger partial charge is 0.0921 e. The Bertz CT molecular complexity index is 283. The Morgan fingerprint density at radius 3 is 3.25 bits per heavy atom. The van der Waals surface area contributed by atoms with Crippen LogP contribution in [0.4, 0.5) is 0 Å². The zero-order chi connectivity index (χ0) is 11.2. The van der Waals surface area contributed by atoms with Crippen molar-refractivity contribution in [2.75, 3.05) is 26.7 Å². The summed E-state index contributed by atoms with van der Waals surface area (Å²) >= 11 is 0. The van der Waals surface area contributed by atoms with Crippen LogP contribution in [0.15, 0.2) is 12.5 Å². The average molecular weight is 222 g/mol. The Morgan fingerprint density at radius 1 is 1.50 bits per heavy atom. The first-order chi connectivity index (χ1) is 7.84. The van der Waals surface area contributed by atoms with Gasteiger partial charge in [0.1, 0.15) is 0 Å². The van der Waals surface area contributed by atoms with Crippen molar-refractivity contribution in [2.45, 2.75) is 31.7 Å². The quantitative estimate of drug-likeness (QED) is 0.799. The van der Waals surface area contributed by atoms with Crippen molar-refractivity contribution < 1.29 is 0 Å². The summed E-state index contributed by atoms with van der Waals surface area (Å²) in [5, 5.41) is 3.65. The molecule has 0 aliphatic carbocycles. The second-order valence-electron chi connectivity index (χ2n) is 4.71. The molecule has 90 valence electrons. The molecule has 0 spiro atoms. The van der Waals surface area contributed by atoms with E-state index in [1.54, 1.807) is 6.33 Å². The van der Waals surface area contributed by atoms with Gasteiger partial charge in [-0.2, -0.15) is 0 Å². The summed E-state index contributed by atoms with van der Waals surface area (Å²) in [6, 6.07) is 0.702. The van der Waals surface area contributed by atoms with Crippen LogP contribution in [0.2, 0.25) is 0 Å². The van der Waals surface area contributed by atoms with Crippen molar-refractivity contribution in [3.63, 3.8) is 0 Å². The van der Waals surface area contributed by atoms with E-state index in [2.05, 4.69) is 27.2 Å². The fourth-order valence-electron chi connectivity index (χ4n) is 2.28. The highest BCUT2D eigenvalue weighted by atomic mass is 15.1. The number of aromatic amines is 1. The van der Waals surface area contributed by atoms with Crippen LogP contribution in [0.1, 0.15) is 25.0 Å². The molecule has 1 fully saturated rings. The van der Waals surface area contributed by atoms with Crippen molar-refractivity contribution in [1.29, 1.82) is 0 Å². The average Bonchev–Trinajstić information content (AvgIpc) is 2.70. The molecule has 1 unspecified atom stereocenters. The first-order valence-electron chi connectivity index (χ1n) is 6.24. The zero-order valence-corrected chi connectivity index (χ0v) is 10.1. The number of imidazole rings is 1. The van der Waals surface area contributed by atoms with E-state index >= 15 is 0 Å². The Kier molecular flexibility index (Phi) is 4.36. The van der Waals surface area contributed by atoms with Crippen LogP contribution in [0, 0.1) is 0 Å². The number of nitrogens with one attached hydrogen (secondary N) is 2. The Hall–Kier alpha value is -0.870. The van der Waals surface area contributed by atoms with Gasteiger partial charge in [0, 0.05) is 30.9 Å². The summed E-state index contributed by atoms with van der Waals surface area (Å²) in [7, 11) is 2.22. The molecule has 0 amide bonds. The molecule has 0 radical (unpaired) electrons. The van der Waals surface area contributed by atoms with Gasteiger partial charge in [0.25, 0.3) is 0 Å². The highest BCUT2D eigenvalue weighted by Gasteiger charge is 2.13. The normalized spacial score (nSPS) is 23.2. The summed E-state index contributed by atoms with van der Waals surface area (Å²) in [6.45, 7) is 3.52. The minimum absolute atomic E-state index is 0.702. The molecular formula is C12H22N4. The lowest BCUT2D eigenvalue weighted by atomic mass is 10.1. The summed E-state index contributed by atoms with van der Waals surface area (Å²) < 4.78 is 0. The van der Waals surface area contributed by atoms with E-state index in [9.17, 15) is 0 Å². The molecule has 0 saturated carbocycles. The molecule has 16 heavy (non-hydrogen) atoms. The number of hydrogen-bond acceptors (Lipinski definition) is 3. The largest absolute Gasteiger partial charge is 0.348 e. The number of aromatic nitrogens is 2. The van der Waals surface area contributed by atoms with Gasteiger partial charge in [-0.25, -0.2) is 4.98 Å². The van der Waals surface area contributed by atoms with Gasteiger partial charge in [0.05, 0.1) is 6.33 Å². The van der Waals surface area contributed by atoms with E-state index in [1.165, 1.54) is 38.0 Å². The SMILES string of the molecule is CN1CCCC(NCCc2cnc[nH]2)CC1. The third kappa shape index (κ3) is 3.61. The molecule has 0 bridgehead atoms. The second-order valence-corrected chi connectivity index (χ2v) is 4.71. The maximum Gasteiger partial charge on any atom is 0.0921 e. The lowest BCUT2D eigenvalue weighted by molar-refractivity contribution is 0.344. The van der Waals surface area contributed by atoms with Gasteiger partial charge in [0.15, 0.2) is 0 Å². The van der Waals surface area contributed by atoms with Crippen LogP contribution in [-0.2, 0) is 6.42 Å². The molecule has 4 nitrogen and oxygen atoms in total. The first kappa shape index (κ1) is 11.6.